The van der Waals surface area contributed by atoms with E-state index in [0.29, 0.717) is 30.8 Å². The lowest BCUT2D eigenvalue weighted by atomic mass is 9.85. The van der Waals surface area contributed by atoms with E-state index >= 15 is 0 Å². The van der Waals surface area contributed by atoms with Crippen LogP contribution in [0.1, 0.15) is 43.4 Å². The van der Waals surface area contributed by atoms with Gasteiger partial charge < -0.3 is 15.1 Å². The number of benzene rings is 1. The van der Waals surface area contributed by atoms with Crippen LogP contribution in [0.5, 0.6) is 0 Å². The highest BCUT2D eigenvalue weighted by Crippen LogP contribution is 2.33. The van der Waals surface area contributed by atoms with Crippen molar-refractivity contribution in [2.24, 2.45) is 5.92 Å². The third kappa shape index (κ3) is 3.83. The lowest BCUT2D eigenvalue weighted by Crippen LogP contribution is -2.43. The lowest BCUT2D eigenvalue weighted by Gasteiger charge is -2.24. The molecule has 1 aliphatic carbocycles. The number of fused-ring (bicyclic) bond motifs is 1. The number of carbonyl (C=O) groups excluding carboxylic acids is 1. The molecule has 3 unspecified atom stereocenters. The highest BCUT2D eigenvalue weighted by Gasteiger charge is 2.37. The quantitative estimate of drug-likeness (QED) is 0.866. The molecule has 2 heterocycles. The van der Waals surface area contributed by atoms with E-state index in [4.69, 9.17) is 4.42 Å². The van der Waals surface area contributed by atoms with Crippen molar-refractivity contribution in [1.29, 1.82) is 0 Å². The summed E-state index contributed by atoms with van der Waals surface area (Å²) < 4.78 is 5.58. The zero-order valence-corrected chi connectivity index (χ0v) is 15.3. The number of hydrogen-bond donors (Lipinski definition) is 2. The minimum Gasteiger partial charge on any atom is -0.444 e. The van der Waals surface area contributed by atoms with Gasteiger partial charge in [-0.3, -0.25) is 4.79 Å². The minimum absolute atomic E-state index is 0.0245. The summed E-state index contributed by atoms with van der Waals surface area (Å²) >= 11 is 0. The summed E-state index contributed by atoms with van der Waals surface area (Å²) in [6, 6.07) is 8.64. The molecule has 4 rings (SSSR count). The topological polar surface area (TPSA) is 67.2 Å². The van der Waals surface area contributed by atoms with E-state index in [-0.39, 0.29) is 11.9 Å². The van der Waals surface area contributed by atoms with E-state index in [1.54, 1.807) is 6.26 Å². The van der Waals surface area contributed by atoms with Gasteiger partial charge in [-0.05, 0) is 44.2 Å². The highest BCUT2D eigenvalue weighted by atomic mass is 16.3. The molecule has 5 heteroatoms. The van der Waals surface area contributed by atoms with Crippen molar-refractivity contribution in [3.63, 3.8) is 0 Å². The maximum atomic E-state index is 12.4. The van der Waals surface area contributed by atoms with Gasteiger partial charge >= 0.3 is 0 Å². The Morgan fingerprint density at radius 1 is 1.27 bits per heavy atom. The zero-order valence-electron chi connectivity index (χ0n) is 15.3. The molecule has 1 saturated heterocycles. The van der Waals surface area contributed by atoms with Gasteiger partial charge in [-0.15, -0.1) is 0 Å². The first-order chi connectivity index (χ1) is 12.7. The Morgan fingerprint density at radius 2 is 2.08 bits per heavy atom. The number of hydrogen-bond acceptors (Lipinski definition) is 4. The second-order valence-corrected chi connectivity index (χ2v) is 7.66. The van der Waals surface area contributed by atoms with Gasteiger partial charge in [0.25, 0.3) is 0 Å². The van der Waals surface area contributed by atoms with Crippen molar-refractivity contribution in [3.05, 3.63) is 41.8 Å². The summed E-state index contributed by atoms with van der Waals surface area (Å²) in [6.07, 6.45) is 8.43. The molecule has 2 fully saturated rings. The van der Waals surface area contributed by atoms with Crippen LogP contribution < -0.4 is 10.6 Å². The van der Waals surface area contributed by atoms with Crippen molar-refractivity contribution in [2.75, 3.05) is 6.54 Å². The fourth-order valence-electron chi connectivity index (χ4n) is 4.21. The minimum atomic E-state index is -0.0245. The number of aromatic nitrogens is 1. The van der Waals surface area contributed by atoms with Crippen LogP contribution in [0.15, 0.2) is 34.9 Å². The molecule has 0 spiro atoms. The third-order valence-corrected chi connectivity index (χ3v) is 5.71. The van der Waals surface area contributed by atoms with E-state index < -0.39 is 0 Å². The van der Waals surface area contributed by atoms with Crippen LogP contribution in [-0.4, -0.2) is 29.5 Å². The van der Waals surface area contributed by atoms with E-state index in [1.807, 2.05) is 24.3 Å². The molecule has 26 heavy (non-hydrogen) atoms. The molecule has 2 aromatic rings. The molecule has 1 saturated carbocycles. The second-order valence-electron chi connectivity index (χ2n) is 7.66. The van der Waals surface area contributed by atoms with Crippen LogP contribution in [0.25, 0.3) is 11.5 Å². The molecule has 2 N–H and O–H groups in total. The molecule has 5 nitrogen and oxygen atoms in total. The van der Waals surface area contributed by atoms with Gasteiger partial charge in [-0.2, -0.15) is 0 Å². The summed E-state index contributed by atoms with van der Waals surface area (Å²) in [4.78, 5) is 16.9. The number of nitrogens with zero attached hydrogens (tertiary/aromatic N) is 1. The normalized spacial score (nSPS) is 25.0. The molecule has 138 valence electrons. The molecule has 1 aromatic carbocycles. The highest BCUT2D eigenvalue weighted by molar-refractivity contribution is 5.82. The SMILES string of the molecule is Cc1ccc(-c2nc(CCNC(=O)C3CC4CCCCC4N3)co2)cc1. The van der Waals surface area contributed by atoms with Gasteiger partial charge in [0, 0.05) is 24.6 Å². The molecular formula is C21H27N3O2. The first kappa shape index (κ1) is 17.3. The molecule has 1 aliphatic heterocycles. The summed E-state index contributed by atoms with van der Waals surface area (Å²) in [6.45, 7) is 2.65. The lowest BCUT2D eigenvalue weighted by molar-refractivity contribution is -0.122. The van der Waals surface area contributed by atoms with E-state index in [9.17, 15) is 4.79 Å². The number of oxazole rings is 1. The van der Waals surface area contributed by atoms with Gasteiger partial charge in [0.2, 0.25) is 11.8 Å². The Bertz CT molecular complexity index is 739. The molecule has 1 aromatic heterocycles. The second kappa shape index (κ2) is 7.62. The van der Waals surface area contributed by atoms with E-state index in [0.717, 1.165) is 17.7 Å². The third-order valence-electron chi connectivity index (χ3n) is 5.71. The average molecular weight is 353 g/mol. The number of aryl methyl sites for hydroxylation is 1. The first-order valence-electron chi connectivity index (χ1n) is 9.74. The van der Waals surface area contributed by atoms with E-state index in [1.165, 1.54) is 31.2 Å². The Hall–Kier alpha value is -2.14. The van der Waals surface area contributed by atoms with Crippen molar-refractivity contribution in [3.8, 4) is 11.5 Å². The fourth-order valence-corrected chi connectivity index (χ4v) is 4.21. The van der Waals surface area contributed by atoms with Crippen molar-refractivity contribution >= 4 is 5.91 Å². The van der Waals surface area contributed by atoms with Gasteiger partial charge in [0.15, 0.2) is 0 Å². The van der Waals surface area contributed by atoms with Crippen molar-refractivity contribution in [1.82, 2.24) is 15.6 Å². The van der Waals surface area contributed by atoms with Crippen LogP contribution in [0.2, 0.25) is 0 Å². The Balaban J connectivity index is 1.26. The largest absolute Gasteiger partial charge is 0.444 e. The Labute approximate surface area is 154 Å². The summed E-state index contributed by atoms with van der Waals surface area (Å²) in [7, 11) is 0. The monoisotopic (exact) mass is 353 g/mol. The maximum absolute atomic E-state index is 12.4. The Morgan fingerprint density at radius 3 is 2.88 bits per heavy atom. The summed E-state index contributed by atoms with van der Waals surface area (Å²) in [5.74, 6) is 1.45. The molecular weight excluding hydrogens is 326 g/mol. The predicted octanol–water partition coefficient (Wildman–Crippen LogP) is 3.23. The summed E-state index contributed by atoms with van der Waals surface area (Å²) in [5.41, 5.74) is 3.06. The van der Waals surface area contributed by atoms with Gasteiger partial charge in [0.05, 0.1) is 11.7 Å². The number of amides is 1. The number of rotatable bonds is 5. The van der Waals surface area contributed by atoms with Crippen LogP contribution in [-0.2, 0) is 11.2 Å². The smallest absolute Gasteiger partial charge is 0.237 e. The molecule has 2 aliphatic rings. The molecule has 3 atom stereocenters. The molecule has 1 amide bonds. The van der Waals surface area contributed by atoms with E-state index in [2.05, 4.69) is 22.5 Å². The maximum Gasteiger partial charge on any atom is 0.237 e. The van der Waals surface area contributed by atoms with Crippen LogP contribution in [0.3, 0.4) is 0 Å². The zero-order chi connectivity index (χ0) is 17.9. The van der Waals surface area contributed by atoms with Crippen molar-refractivity contribution in [2.45, 2.75) is 57.5 Å². The predicted molar refractivity (Wildman–Crippen MR) is 101 cm³/mol. The van der Waals surface area contributed by atoms with Crippen LogP contribution >= 0.6 is 0 Å². The number of nitrogens with one attached hydrogen (secondary N) is 2. The average Bonchev–Trinajstić information content (AvgIpc) is 3.29. The van der Waals surface area contributed by atoms with Gasteiger partial charge in [-0.25, -0.2) is 4.98 Å². The summed E-state index contributed by atoms with van der Waals surface area (Å²) in [5, 5.41) is 6.58. The van der Waals surface area contributed by atoms with Crippen molar-refractivity contribution < 1.29 is 9.21 Å². The standard InChI is InChI=1S/C21H27N3O2/c1-14-6-8-15(9-7-14)21-23-17(13-26-21)10-11-22-20(25)19-12-16-4-2-3-5-18(16)24-19/h6-9,13,16,18-19,24H,2-5,10-12H2,1H3,(H,22,25). The fraction of sp³-hybridized carbons (Fsp3) is 0.524. The molecule has 0 radical (unpaired) electrons. The van der Waals surface area contributed by atoms with Crippen LogP contribution in [0.4, 0.5) is 0 Å². The first-order valence-corrected chi connectivity index (χ1v) is 9.74. The van der Waals surface area contributed by atoms with Gasteiger partial charge in [0.1, 0.15) is 6.26 Å². The Kier molecular flexibility index (Phi) is 5.07. The molecule has 0 bridgehead atoms. The van der Waals surface area contributed by atoms with Gasteiger partial charge in [-0.1, -0.05) is 30.5 Å². The number of carbonyl (C=O) groups is 1. The van der Waals surface area contributed by atoms with Crippen LogP contribution in [0, 0.1) is 12.8 Å².